The van der Waals surface area contributed by atoms with E-state index in [2.05, 4.69) is 31.3 Å². The van der Waals surface area contributed by atoms with Crippen molar-refractivity contribution in [2.24, 2.45) is 0 Å². The van der Waals surface area contributed by atoms with Gasteiger partial charge >= 0.3 is 0 Å². The van der Waals surface area contributed by atoms with E-state index in [0.29, 0.717) is 6.04 Å². The Morgan fingerprint density at radius 1 is 1.25 bits per heavy atom. The van der Waals surface area contributed by atoms with Crippen LogP contribution in [0.25, 0.3) is 0 Å². The van der Waals surface area contributed by atoms with E-state index in [4.69, 9.17) is 9.47 Å². The minimum Gasteiger partial charge on any atom is -0.490 e. The summed E-state index contributed by atoms with van der Waals surface area (Å²) in [7, 11) is 0. The molecular formula is C13H19NO2. The number of ether oxygens (including phenoxy) is 2. The molecule has 3 heteroatoms. The van der Waals surface area contributed by atoms with Crippen LogP contribution in [0.15, 0.2) is 18.2 Å². The first-order valence-corrected chi connectivity index (χ1v) is 5.94. The molecule has 1 N–H and O–H groups in total. The van der Waals surface area contributed by atoms with E-state index in [1.807, 2.05) is 6.07 Å². The van der Waals surface area contributed by atoms with Crippen LogP contribution in [0.5, 0.6) is 11.5 Å². The number of rotatable bonds is 3. The SMILES string of the molecule is CCN[C@@H](C)c1ccc2c(c1)OCCCO2. The van der Waals surface area contributed by atoms with Crippen molar-refractivity contribution in [3.8, 4) is 11.5 Å². The van der Waals surface area contributed by atoms with Crippen molar-refractivity contribution >= 4 is 0 Å². The Kier molecular flexibility index (Phi) is 3.67. The Morgan fingerprint density at radius 2 is 2.00 bits per heavy atom. The molecule has 0 aliphatic carbocycles. The summed E-state index contributed by atoms with van der Waals surface area (Å²) in [6.07, 6.45) is 0.951. The van der Waals surface area contributed by atoms with Gasteiger partial charge in [0.05, 0.1) is 13.2 Å². The molecule has 1 aromatic carbocycles. The van der Waals surface area contributed by atoms with Gasteiger partial charge in [0.1, 0.15) is 0 Å². The third kappa shape index (κ3) is 2.47. The van der Waals surface area contributed by atoms with Crippen molar-refractivity contribution in [1.82, 2.24) is 5.32 Å². The van der Waals surface area contributed by atoms with E-state index in [9.17, 15) is 0 Å². The smallest absolute Gasteiger partial charge is 0.161 e. The second-order valence-electron chi connectivity index (χ2n) is 4.04. The topological polar surface area (TPSA) is 30.5 Å². The Morgan fingerprint density at radius 3 is 2.75 bits per heavy atom. The van der Waals surface area contributed by atoms with E-state index in [0.717, 1.165) is 37.7 Å². The number of fused-ring (bicyclic) bond motifs is 1. The van der Waals surface area contributed by atoms with Gasteiger partial charge in [-0.25, -0.2) is 0 Å². The molecule has 0 spiro atoms. The average molecular weight is 221 g/mol. The standard InChI is InChI=1S/C13H19NO2/c1-3-14-10(2)11-5-6-12-13(9-11)16-8-4-7-15-12/h5-6,9-10,14H,3-4,7-8H2,1-2H3/t10-/m0/s1. The average Bonchev–Trinajstić information content (AvgIpc) is 2.53. The third-order valence-electron chi connectivity index (χ3n) is 2.78. The van der Waals surface area contributed by atoms with Crippen LogP contribution in [0.1, 0.15) is 31.9 Å². The number of hydrogen-bond donors (Lipinski definition) is 1. The van der Waals surface area contributed by atoms with Gasteiger partial charge in [-0.05, 0) is 31.2 Å². The highest BCUT2D eigenvalue weighted by atomic mass is 16.5. The van der Waals surface area contributed by atoms with E-state index in [-0.39, 0.29) is 0 Å². The van der Waals surface area contributed by atoms with Crippen LogP contribution in [0.4, 0.5) is 0 Å². The van der Waals surface area contributed by atoms with Gasteiger partial charge in [0.25, 0.3) is 0 Å². The van der Waals surface area contributed by atoms with Crippen molar-refractivity contribution in [2.75, 3.05) is 19.8 Å². The lowest BCUT2D eigenvalue weighted by Gasteiger charge is -2.15. The highest BCUT2D eigenvalue weighted by Crippen LogP contribution is 2.32. The maximum absolute atomic E-state index is 5.66. The summed E-state index contributed by atoms with van der Waals surface area (Å²) < 4.78 is 11.3. The van der Waals surface area contributed by atoms with Crippen LogP contribution in [-0.2, 0) is 0 Å². The second kappa shape index (κ2) is 5.21. The first-order chi connectivity index (χ1) is 7.81. The minimum absolute atomic E-state index is 0.349. The summed E-state index contributed by atoms with van der Waals surface area (Å²) >= 11 is 0. The maximum atomic E-state index is 5.66. The molecule has 1 aromatic rings. The summed E-state index contributed by atoms with van der Waals surface area (Å²) in [5.41, 5.74) is 1.24. The Labute approximate surface area is 96.8 Å². The van der Waals surface area contributed by atoms with E-state index in [1.165, 1.54) is 5.56 Å². The molecule has 1 heterocycles. The van der Waals surface area contributed by atoms with Crippen molar-refractivity contribution in [2.45, 2.75) is 26.3 Å². The molecule has 0 unspecified atom stereocenters. The molecule has 2 rings (SSSR count). The Balaban J connectivity index is 2.20. The van der Waals surface area contributed by atoms with Crippen molar-refractivity contribution < 1.29 is 9.47 Å². The number of nitrogens with one attached hydrogen (secondary N) is 1. The summed E-state index contributed by atoms with van der Waals surface area (Å²) in [4.78, 5) is 0. The van der Waals surface area contributed by atoms with E-state index < -0.39 is 0 Å². The van der Waals surface area contributed by atoms with E-state index >= 15 is 0 Å². The largest absolute Gasteiger partial charge is 0.490 e. The molecule has 1 aliphatic heterocycles. The molecule has 88 valence electrons. The lowest BCUT2D eigenvalue weighted by Crippen LogP contribution is -2.17. The normalized spacial score (nSPS) is 16.6. The van der Waals surface area contributed by atoms with Crippen molar-refractivity contribution in [3.05, 3.63) is 23.8 Å². The first-order valence-electron chi connectivity index (χ1n) is 5.94. The van der Waals surface area contributed by atoms with Crippen LogP contribution >= 0.6 is 0 Å². The molecule has 0 amide bonds. The van der Waals surface area contributed by atoms with Gasteiger partial charge in [0.2, 0.25) is 0 Å². The highest BCUT2D eigenvalue weighted by molar-refractivity contribution is 5.44. The van der Waals surface area contributed by atoms with Gasteiger partial charge in [-0.15, -0.1) is 0 Å². The monoisotopic (exact) mass is 221 g/mol. The fourth-order valence-corrected chi connectivity index (χ4v) is 1.87. The highest BCUT2D eigenvalue weighted by Gasteiger charge is 2.12. The summed E-state index contributed by atoms with van der Waals surface area (Å²) in [6, 6.07) is 6.53. The minimum atomic E-state index is 0.349. The summed E-state index contributed by atoms with van der Waals surface area (Å²) in [5.74, 6) is 1.74. The zero-order chi connectivity index (χ0) is 11.4. The van der Waals surface area contributed by atoms with Crippen molar-refractivity contribution in [1.29, 1.82) is 0 Å². The summed E-state index contributed by atoms with van der Waals surface area (Å²) in [6.45, 7) is 6.72. The molecule has 0 radical (unpaired) electrons. The lowest BCUT2D eigenvalue weighted by molar-refractivity contribution is 0.297. The fourth-order valence-electron chi connectivity index (χ4n) is 1.87. The summed E-state index contributed by atoms with van der Waals surface area (Å²) in [5, 5.41) is 3.39. The van der Waals surface area contributed by atoms with Gasteiger partial charge in [-0.1, -0.05) is 13.0 Å². The van der Waals surface area contributed by atoms with Gasteiger partial charge in [0.15, 0.2) is 11.5 Å². The Hall–Kier alpha value is -1.22. The molecule has 0 bridgehead atoms. The predicted molar refractivity (Wildman–Crippen MR) is 64.1 cm³/mol. The van der Waals surface area contributed by atoms with Crippen molar-refractivity contribution in [3.63, 3.8) is 0 Å². The quantitative estimate of drug-likeness (QED) is 0.850. The third-order valence-corrected chi connectivity index (χ3v) is 2.78. The molecule has 1 atom stereocenters. The molecule has 16 heavy (non-hydrogen) atoms. The predicted octanol–water partition coefficient (Wildman–Crippen LogP) is 2.52. The second-order valence-corrected chi connectivity index (χ2v) is 4.04. The molecule has 0 saturated carbocycles. The zero-order valence-corrected chi connectivity index (χ0v) is 9.95. The number of hydrogen-bond acceptors (Lipinski definition) is 3. The molecule has 1 aliphatic rings. The van der Waals surface area contributed by atoms with E-state index in [1.54, 1.807) is 0 Å². The Bertz CT molecular complexity index is 352. The van der Waals surface area contributed by atoms with Crippen LogP contribution in [0.2, 0.25) is 0 Å². The number of benzene rings is 1. The maximum Gasteiger partial charge on any atom is 0.161 e. The molecule has 3 nitrogen and oxygen atoms in total. The fraction of sp³-hybridized carbons (Fsp3) is 0.538. The van der Waals surface area contributed by atoms with Gasteiger partial charge in [0, 0.05) is 12.5 Å². The van der Waals surface area contributed by atoms with Gasteiger partial charge in [-0.3, -0.25) is 0 Å². The molecule has 0 aromatic heterocycles. The molecule has 0 saturated heterocycles. The van der Waals surface area contributed by atoms with Gasteiger partial charge < -0.3 is 14.8 Å². The molecular weight excluding hydrogens is 202 g/mol. The van der Waals surface area contributed by atoms with Crippen LogP contribution in [0, 0.1) is 0 Å². The lowest BCUT2D eigenvalue weighted by atomic mass is 10.1. The van der Waals surface area contributed by atoms with Crippen LogP contribution < -0.4 is 14.8 Å². The first kappa shape index (κ1) is 11.3. The van der Waals surface area contributed by atoms with Crippen LogP contribution in [0.3, 0.4) is 0 Å². The molecule has 0 fully saturated rings. The zero-order valence-electron chi connectivity index (χ0n) is 9.95. The van der Waals surface area contributed by atoms with Gasteiger partial charge in [-0.2, -0.15) is 0 Å². The van der Waals surface area contributed by atoms with Crippen LogP contribution in [-0.4, -0.2) is 19.8 Å².